The summed E-state index contributed by atoms with van der Waals surface area (Å²) < 4.78 is 0. The molecule has 0 saturated carbocycles. The Labute approximate surface area is 85.7 Å². The van der Waals surface area contributed by atoms with Crippen LogP contribution in [0.4, 0.5) is 0 Å². The Morgan fingerprint density at radius 3 is 1.58 bits per heavy atom. The van der Waals surface area contributed by atoms with Gasteiger partial charge in [0.05, 0.1) is 0 Å². The van der Waals surface area contributed by atoms with E-state index >= 15 is 0 Å². The van der Waals surface area contributed by atoms with Gasteiger partial charge in [-0.05, 0) is 0 Å². The molecule has 0 spiro atoms. The molecule has 0 N–H and O–H groups in total. The first kappa shape index (κ1) is 13.0. The second-order valence-electron chi connectivity index (χ2n) is 3.85. The van der Waals surface area contributed by atoms with E-state index in [1.54, 1.807) is 0 Å². The summed E-state index contributed by atoms with van der Waals surface area (Å²) in [5, 5.41) is 5.77. The molecule has 0 rings (SSSR count). The van der Waals surface area contributed by atoms with E-state index in [0.717, 1.165) is 0 Å². The van der Waals surface area contributed by atoms with E-state index in [-0.39, 0.29) is 0 Å². The zero-order valence-corrected chi connectivity index (χ0v) is 12.5. The van der Waals surface area contributed by atoms with Crippen LogP contribution in [-0.2, 0) is 0 Å². The van der Waals surface area contributed by atoms with Crippen molar-refractivity contribution in [2.45, 2.75) is 61.4 Å². The van der Waals surface area contributed by atoms with Gasteiger partial charge in [0.25, 0.3) is 0 Å². The average molecular weight is 299 g/mol. The molecule has 0 nitrogen and oxygen atoms in total. The Hall–Kier alpha value is 1.04. The molecule has 12 heavy (non-hydrogen) atoms. The standard InChI is InChI=1S/C10H24AsBr/c1-5-9-10-11(12,6-2,7-3)8-4/h5-10H2,1-4H3. The van der Waals surface area contributed by atoms with Gasteiger partial charge in [0.15, 0.2) is 0 Å². The second-order valence-corrected chi connectivity index (χ2v) is 26.8. The third-order valence-corrected chi connectivity index (χ3v) is 26.1. The summed E-state index contributed by atoms with van der Waals surface area (Å²) in [6, 6.07) is 0. The fourth-order valence-corrected chi connectivity index (χ4v) is 10.1. The normalized spacial score (nSPS) is 15.6. The molecule has 0 radical (unpaired) electrons. The van der Waals surface area contributed by atoms with Crippen LogP contribution < -0.4 is 0 Å². The molecule has 0 fully saturated rings. The van der Waals surface area contributed by atoms with Crippen LogP contribution >= 0.6 is 13.9 Å². The molecular weight excluding hydrogens is 275 g/mol. The van der Waals surface area contributed by atoms with Crippen molar-refractivity contribution in [3.63, 3.8) is 0 Å². The topological polar surface area (TPSA) is 0 Å². The van der Waals surface area contributed by atoms with Crippen LogP contribution in [0.2, 0.25) is 20.8 Å². The van der Waals surface area contributed by atoms with Crippen molar-refractivity contribution in [3.05, 3.63) is 0 Å². The molecule has 0 aromatic heterocycles. The molecule has 0 bridgehead atoms. The molecule has 0 amide bonds. The monoisotopic (exact) mass is 298 g/mol. The SMILES string of the molecule is CCCC[As](Br)(CC)(CC)CC. The Morgan fingerprint density at radius 1 is 0.917 bits per heavy atom. The molecule has 2 heteroatoms. The quantitative estimate of drug-likeness (QED) is 0.596. The van der Waals surface area contributed by atoms with Crippen LogP contribution in [0, 0.1) is 0 Å². The first-order chi connectivity index (χ1) is 5.54. The van der Waals surface area contributed by atoms with Gasteiger partial charge in [-0.2, -0.15) is 0 Å². The fraction of sp³-hybridized carbons (Fsp3) is 1.00. The molecule has 0 heterocycles. The van der Waals surface area contributed by atoms with E-state index < -0.39 is 10.6 Å². The number of hydrogen-bond donors (Lipinski definition) is 0. The van der Waals surface area contributed by atoms with Gasteiger partial charge in [-0.3, -0.25) is 0 Å². The van der Waals surface area contributed by atoms with Gasteiger partial charge >= 0.3 is 85.9 Å². The molecule has 0 aliphatic heterocycles. The maximum atomic E-state index is 4.17. The van der Waals surface area contributed by atoms with Crippen molar-refractivity contribution in [1.29, 1.82) is 0 Å². The van der Waals surface area contributed by atoms with Gasteiger partial charge in [-0.25, -0.2) is 0 Å². The molecule has 0 aliphatic carbocycles. The van der Waals surface area contributed by atoms with Crippen molar-refractivity contribution in [1.82, 2.24) is 0 Å². The number of rotatable bonds is 6. The molecule has 0 aromatic carbocycles. The second kappa shape index (κ2) is 5.05. The van der Waals surface area contributed by atoms with Gasteiger partial charge in [-0.15, -0.1) is 0 Å². The van der Waals surface area contributed by atoms with Gasteiger partial charge in [0.2, 0.25) is 0 Å². The minimum absolute atomic E-state index is 1.35. The van der Waals surface area contributed by atoms with Crippen LogP contribution in [0.15, 0.2) is 0 Å². The van der Waals surface area contributed by atoms with Crippen LogP contribution in [0.5, 0.6) is 0 Å². The molecule has 0 aliphatic rings. The molecule has 0 unspecified atom stereocenters. The zero-order chi connectivity index (χ0) is 9.69. The summed E-state index contributed by atoms with van der Waals surface area (Å²) in [5.74, 6) is 0. The van der Waals surface area contributed by atoms with Crippen LogP contribution in [0.25, 0.3) is 0 Å². The first-order valence-corrected chi connectivity index (χ1v) is 15.0. The summed E-state index contributed by atoms with van der Waals surface area (Å²) in [4.78, 5) is 0. The van der Waals surface area contributed by atoms with Crippen LogP contribution in [-0.4, -0.2) is 10.6 Å². The number of halogens is 1. The predicted molar refractivity (Wildman–Crippen MR) is 65.8 cm³/mol. The summed E-state index contributed by atoms with van der Waals surface area (Å²) in [6.07, 6.45) is 2.77. The Bertz CT molecular complexity index is 119. The van der Waals surface area contributed by atoms with Crippen LogP contribution in [0.3, 0.4) is 0 Å². The minimum atomic E-state index is -1.94. The van der Waals surface area contributed by atoms with Crippen molar-refractivity contribution in [3.8, 4) is 0 Å². The summed E-state index contributed by atoms with van der Waals surface area (Å²) >= 11 is 4.17. The van der Waals surface area contributed by atoms with E-state index in [9.17, 15) is 0 Å². The van der Waals surface area contributed by atoms with Gasteiger partial charge in [-0.1, -0.05) is 0 Å². The third kappa shape index (κ3) is 3.07. The number of unbranched alkanes of at least 4 members (excludes halogenated alkanes) is 1. The van der Waals surface area contributed by atoms with E-state index in [0.29, 0.717) is 0 Å². The summed E-state index contributed by atoms with van der Waals surface area (Å²) in [7, 11) is -1.94. The van der Waals surface area contributed by atoms with E-state index in [2.05, 4.69) is 41.6 Å². The Kier molecular flexibility index (Phi) is 5.49. The van der Waals surface area contributed by atoms with Crippen molar-refractivity contribution >= 4 is 24.5 Å². The average Bonchev–Trinajstić information content (AvgIpc) is 2.15. The summed E-state index contributed by atoms with van der Waals surface area (Å²) in [5.41, 5.74) is 0. The van der Waals surface area contributed by atoms with Crippen molar-refractivity contribution in [2.24, 2.45) is 0 Å². The molecule has 0 atom stereocenters. The van der Waals surface area contributed by atoms with Gasteiger partial charge in [0, 0.05) is 0 Å². The maximum absolute atomic E-state index is 4.17. The summed E-state index contributed by atoms with van der Waals surface area (Å²) in [6.45, 7) is 9.43. The van der Waals surface area contributed by atoms with E-state index in [4.69, 9.17) is 0 Å². The zero-order valence-electron chi connectivity index (χ0n) is 9.07. The fourth-order valence-electron chi connectivity index (χ4n) is 1.70. The molecule has 0 aromatic rings. The number of hydrogen-bond acceptors (Lipinski definition) is 0. The van der Waals surface area contributed by atoms with E-state index in [1.807, 2.05) is 0 Å². The van der Waals surface area contributed by atoms with Crippen molar-refractivity contribution in [2.75, 3.05) is 0 Å². The third-order valence-electron chi connectivity index (χ3n) is 3.44. The van der Waals surface area contributed by atoms with Crippen molar-refractivity contribution < 1.29 is 0 Å². The molecule has 76 valence electrons. The molecular formula is C10H24AsBr. The Morgan fingerprint density at radius 2 is 1.33 bits per heavy atom. The van der Waals surface area contributed by atoms with E-state index in [1.165, 1.54) is 33.7 Å². The van der Waals surface area contributed by atoms with Gasteiger partial charge in [0.1, 0.15) is 0 Å². The molecule has 0 saturated heterocycles. The van der Waals surface area contributed by atoms with Crippen LogP contribution in [0.1, 0.15) is 40.5 Å². The van der Waals surface area contributed by atoms with Gasteiger partial charge < -0.3 is 0 Å². The predicted octanol–water partition coefficient (Wildman–Crippen LogP) is 5.14. The Balaban J connectivity index is 4.35. The first-order valence-electron chi connectivity index (χ1n) is 5.26.